The minimum absolute atomic E-state index is 0.522. The average Bonchev–Trinajstić information content (AvgIpc) is 3.14. The first kappa shape index (κ1) is 15.6. The fraction of sp³-hybridized carbons (Fsp3) is 0.125. The van der Waals surface area contributed by atoms with Gasteiger partial charge in [-0.3, -0.25) is 0 Å². The van der Waals surface area contributed by atoms with E-state index in [1.165, 1.54) is 4.88 Å². The van der Waals surface area contributed by atoms with Crippen LogP contribution in [0.5, 0.6) is 0 Å². The summed E-state index contributed by atoms with van der Waals surface area (Å²) in [7, 11) is 1.60. The quantitative estimate of drug-likeness (QED) is 0.546. The first-order chi connectivity index (χ1) is 10.6. The van der Waals surface area contributed by atoms with E-state index < -0.39 is 0 Å². The minimum atomic E-state index is 0.522. The molecular weight excluding hydrogens is 354 g/mol. The normalized spacial score (nSPS) is 10.7. The van der Waals surface area contributed by atoms with Crippen molar-refractivity contribution in [3.63, 3.8) is 0 Å². The van der Waals surface area contributed by atoms with Crippen LogP contribution in [0.2, 0.25) is 5.02 Å². The second kappa shape index (κ2) is 6.46. The van der Waals surface area contributed by atoms with Crippen LogP contribution in [0.1, 0.15) is 9.75 Å². The van der Waals surface area contributed by atoms with Gasteiger partial charge in [0.05, 0.1) is 17.7 Å². The number of halogens is 1. The van der Waals surface area contributed by atoms with Crippen molar-refractivity contribution in [3.8, 4) is 21.8 Å². The maximum atomic E-state index is 5.93. The molecule has 0 fully saturated rings. The van der Waals surface area contributed by atoms with Gasteiger partial charge >= 0.3 is 0 Å². The smallest absolute Gasteiger partial charge is 0.201 e. The Balaban J connectivity index is 1.95. The molecule has 22 heavy (non-hydrogen) atoms. The number of hydrogen-bond donors (Lipinski definition) is 0. The van der Waals surface area contributed by atoms with Crippen LogP contribution in [0.25, 0.3) is 21.8 Å². The average molecular weight is 366 g/mol. The number of thiocarbonyl (C=S) groups is 1. The Morgan fingerprint density at radius 1 is 1.27 bits per heavy atom. The maximum absolute atomic E-state index is 5.93. The number of rotatable bonds is 3. The summed E-state index contributed by atoms with van der Waals surface area (Å²) in [5.74, 6) is 0. The number of hydrogen-bond acceptors (Lipinski definition) is 5. The van der Waals surface area contributed by atoms with E-state index in [1.54, 1.807) is 29.8 Å². The summed E-state index contributed by atoms with van der Waals surface area (Å²) in [5, 5.41) is 4.30. The molecule has 2 aromatic heterocycles. The standard InChI is InChI=1S/C16H12ClNOS3/c1-9-12(7-14(22-9)16(20)19-2)15-18-13(8-21-15)10-3-5-11(17)6-4-10/h3-8H,1-2H3. The molecule has 0 unspecified atom stereocenters. The lowest BCUT2D eigenvalue weighted by molar-refractivity contribution is 0.417. The van der Waals surface area contributed by atoms with Crippen LogP contribution >= 0.6 is 46.5 Å². The van der Waals surface area contributed by atoms with E-state index in [9.17, 15) is 0 Å². The van der Waals surface area contributed by atoms with Gasteiger partial charge in [0, 0.05) is 26.4 Å². The lowest BCUT2D eigenvalue weighted by atomic mass is 10.2. The van der Waals surface area contributed by atoms with Gasteiger partial charge in [0.25, 0.3) is 0 Å². The van der Waals surface area contributed by atoms with Gasteiger partial charge in [0.1, 0.15) is 5.01 Å². The summed E-state index contributed by atoms with van der Waals surface area (Å²) in [6.45, 7) is 2.07. The van der Waals surface area contributed by atoms with Crippen LogP contribution in [0.4, 0.5) is 0 Å². The Morgan fingerprint density at radius 2 is 2.00 bits per heavy atom. The van der Waals surface area contributed by atoms with Crippen molar-refractivity contribution in [2.24, 2.45) is 0 Å². The van der Waals surface area contributed by atoms with Crippen molar-refractivity contribution in [2.45, 2.75) is 6.92 Å². The summed E-state index contributed by atoms with van der Waals surface area (Å²) in [4.78, 5) is 6.89. The molecule has 3 rings (SSSR count). The first-order valence-electron chi connectivity index (χ1n) is 6.49. The number of methoxy groups -OCH3 is 1. The highest BCUT2D eigenvalue weighted by Gasteiger charge is 2.14. The summed E-state index contributed by atoms with van der Waals surface area (Å²) in [6.07, 6.45) is 0. The zero-order chi connectivity index (χ0) is 15.7. The van der Waals surface area contributed by atoms with E-state index in [4.69, 9.17) is 33.5 Å². The van der Waals surface area contributed by atoms with Gasteiger partial charge in [-0.2, -0.15) is 0 Å². The summed E-state index contributed by atoms with van der Waals surface area (Å²) in [6, 6.07) is 9.76. The van der Waals surface area contributed by atoms with Crippen molar-refractivity contribution >= 4 is 51.5 Å². The molecule has 2 heterocycles. The molecule has 0 atom stereocenters. The Labute approximate surface area is 147 Å². The Bertz CT molecular complexity index is 820. The molecule has 3 aromatic rings. The molecule has 0 saturated carbocycles. The number of ether oxygens (including phenoxy) is 1. The molecule has 0 aliphatic rings. The van der Waals surface area contributed by atoms with E-state index in [-0.39, 0.29) is 0 Å². The molecule has 0 amide bonds. The predicted octanol–water partition coefficient (Wildman–Crippen LogP) is 5.82. The van der Waals surface area contributed by atoms with E-state index >= 15 is 0 Å². The Hall–Kier alpha value is -1.27. The number of benzene rings is 1. The molecule has 0 N–H and O–H groups in total. The van der Waals surface area contributed by atoms with Gasteiger partial charge in [-0.1, -0.05) is 23.7 Å². The SMILES string of the molecule is COC(=S)c1cc(-c2nc(-c3ccc(Cl)cc3)cs2)c(C)s1. The molecular formula is C16H12ClNOS3. The van der Waals surface area contributed by atoms with Gasteiger partial charge in [-0.25, -0.2) is 4.98 Å². The number of thiazole rings is 1. The van der Waals surface area contributed by atoms with Crippen molar-refractivity contribution < 1.29 is 4.74 Å². The molecule has 112 valence electrons. The summed E-state index contributed by atoms with van der Waals surface area (Å²) < 4.78 is 5.14. The Kier molecular flexibility index (Phi) is 4.59. The second-order valence-electron chi connectivity index (χ2n) is 4.62. The monoisotopic (exact) mass is 365 g/mol. The number of thiophene rings is 1. The molecule has 0 bridgehead atoms. The van der Waals surface area contributed by atoms with Gasteiger partial charge < -0.3 is 4.74 Å². The van der Waals surface area contributed by atoms with E-state index in [1.807, 2.05) is 24.3 Å². The van der Waals surface area contributed by atoms with Crippen LogP contribution in [0, 0.1) is 6.92 Å². The van der Waals surface area contributed by atoms with Crippen LogP contribution < -0.4 is 0 Å². The minimum Gasteiger partial charge on any atom is -0.486 e. The fourth-order valence-electron chi connectivity index (χ4n) is 2.05. The summed E-state index contributed by atoms with van der Waals surface area (Å²) in [5.41, 5.74) is 3.13. The van der Waals surface area contributed by atoms with E-state index in [2.05, 4.69) is 18.4 Å². The highest BCUT2D eigenvalue weighted by atomic mass is 35.5. The predicted molar refractivity (Wildman–Crippen MR) is 99.3 cm³/mol. The largest absolute Gasteiger partial charge is 0.486 e. The molecule has 0 saturated heterocycles. The molecule has 0 aliphatic carbocycles. The first-order valence-corrected chi connectivity index (χ1v) is 8.97. The molecule has 2 nitrogen and oxygen atoms in total. The fourth-order valence-corrected chi connectivity index (χ4v) is 4.26. The lowest BCUT2D eigenvalue weighted by Gasteiger charge is -1.97. The molecule has 0 spiro atoms. The maximum Gasteiger partial charge on any atom is 0.201 e. The molecule has 1 aromatic carbocycles. The van der Waals surface area contributed by atoms with Crippen molar-refractivity contribution in [1.29, 1.82) is 0 Å². The summed E-state index contributed by atoms with van der Waals surface area (Å²) >= 11 is 14.4. The third kappa shape index (κ3) is 3.08. The zero-order valence-electron chi connectivity index (χ0n) is 11.9. The third-order valence-corrected chi connectivity index (χ3v) is 5.87. The second-order valence-corrected chi connectivity index (χ2v) is 7.54. The number of aryl methyl sites for hydroxylation is 1. The van der Waals surface area contributed by atoms with Crippen molar-refractivity contribution in [3.05, 3.63) is 50.5 Å². The van der Waals surface area contributed by atoms with E-state index in [0.717, 1.165) is 31.7 Å². The van der Waals surface area contributed by atoms with E-state index in [0.29, 0.717) is 5.05 Å². The van der Waals surface area contributed by atoms with Gasteiger partial charge in [0.2, 0.25) is 5.05 Å². The van der Waals surface area contributed by atoms with Crippen LogP contribution in [-0.2, 0) is 4.74 Å². The van der Waals surface area contributed by atoms with Crippen LogP contribution in [-0.4, -0.2) is 17.1 Å². The van der Waals surface area contributed by atoms with Crippen LogP contribution in [0.15, 0.2) is 35.7 Å². The van der Waals surface area contributed by atoms with Crippen LogP contribution in [0.3, 0.4) is 0 Å². The highest BCUT2D eigenvalue weighted by molar-refractivity contribution is 7.80. The number of aromatic nitrogens is 1. The number of nitrogens with zero attached hydrogens (tertiary/aromatic N) is 1. The highest BCUT2D eigenvalue weighted by Crippen LogP contribution is 2.35. The third-order valence-electron chi connectivity index (χ3n) is 3.18. The van der Waals surface area contributed by atoms with Crippen molar-refractivity contribution in [2.75, 3.05) is 7.11 Å². The molecule has 6 heteroatoms. The zero-order valence-corrected chi connectivity index (χ0v) is 15.1. The topological polar surface area (TPSA) is 22.1 Å². The van der Waals surface area contributed by atoms with Gasteiger partial charge in [0.15, 0.2) is 0 Å². The molecule has 0 aliphatic heterocycles. The van der Waals surface area contributed by atoms with Gasteiger partial charge in [-0.05, 0) is 37.3 Å². The Morgan fingerprint density at radius 3 is 2.68 bits per heavy atom. The molecule has 0 radical (unpaired) electrons. The van der Waals surface area contributed by atoms with Gasteiger partial charge in [-0.15, -0.1) is 22.7 Å². The lowest BCUT2D eigenvalue weighted by Crippen LogP contribution is -1.94. The van der Waals surface area contributed by atoms with Crippen molar-refractivity contribution in [1.82, 2.24) is 4.98 Å².